The molecule has 0 aliphatic carbocycles. The molecule has 0 saturated carbocycles. The Hall–Kier alpha value is -0.610. The minimum Gasteiger partial charge on any atom is -0.466 e. The zero-order valence-electron chi connectivity index (χ0n) is 9.74. The number of carbonyl (C=O) groups is 1. The van der Waals surface area contributed by atoms with E-state index in [4.69, 9.17) is 10.5 Å². The summed E-state index contributed by atoms with van der Waals surface area (Å²) in [4.78, 5) is 13.5. The lowest BCUT2D eigenvalue weighted by atomic mass is 9.90. The van der Waals surface area contributed by atoms with Gasteiger partial charge in [-0.25, -0.2) is 0 Å². The Kier molecular flexibility index (Phi) is 5.05. The predicted octanol–water partition coefficient (Wildman–Crippen LogP) is 0.609. The van der Waals surface area contributed by atoms with Crippen LogP contribution in [0.1, 0.15) is 26.2 Å². The monoisotopic (exact) mass is 214 g/mol. The molecule has 0 bridgehead atoms. The number of ether oxygens (including phenoxy) is 1. The molecule has 4 nitrogen and oxygen atoms in total. The summed E-state index contributed by atoms with van der Waals surface area (Å²) in [5, 5.41) is 0. The quantitative estimate of drug-likeness (QED) is 0.697. The summed E-state index contributed by atoms with van der Waals surface area (Å²) < 4.78 is 4.90. The summed E-state index contributed by atoms with van der Waals surface area (Å²) in [6, 6.07) is -0.0493. The van der Waals surface area contributed by atoms with E-state index >= 15 is 0 Å². The van der Waals surface area contributed by atoms with E-state index < -0.39 is 0 Å². The SMILES string of the molecule is CCOC(=O)CC(N)C1CCCN(C)C1. The molecule has 88 valence electrons. The van der Waals surface area contributed by atoms with Gasteiger partial charge in [0.05, 0.1) is 13.0 Å². The van der Waals surface area contributed by atoms with E-state index in [9.17, 15) is 4.79 Å². The minimum absolute atomic E-state index is 0.0493. The van der Waals surface area contributed by atoms with Crippen molar-refractivity contribution in [3.05, 3.63) is 0 Å². The topological polar surface area (TPSA) is 55.6 Å². The fourth-order valence-electron chi connectivity index (χ4n) is 2.13. The molecular weight excluding hydrogens is 192 g/mol. The molecule has 1 rings (SSSR count). The van der Waals surface area contributed by atoms with Crippen molar-refractivity contribution in [2.75, 3.05) is 26.7 Å². The number of nitrogens with zero attached hydrogens (tertiary/aromatic N) is 1. The lowest BCUT2D eigenvalue weighted by Crippen LogP contribution is -2.43. The molecule has 15 heavy (non-hydrogen) atoms. The van der Waals surface area contributed by atoms with Crippen LogP contribution >= 0.6 is 0 Å². The van der Waals surface area contributed by atoms with Gasteiger partial charge < -0.3 is 15.4 Å². The highest BCUT2D eigenvalue weighted by Gasteiger charge is 2.25. The normalized spacial score (nSPS) is 24.9. The Labute approximate surface area is 91.8 Å². The van der Waals surface area contributed by atoms with Gasteiger partial charge in [-0.15, -0.1) is 0 Å². The predicted molar refractivity (Wildman–Crippen MR) is 59.4 cm³/mol. The molecule has 1 aliphatic heterocycles. The molecule has 2 unspecified atom stereocenters. The highest BCUT2D eigenvalue weighted by atomic mass is 16.5. The Balaban J connectivity index is 2.32. The number of hydrogen-bond donors (Lipinski definition) is 1. The fraction of sp³-hybridized carbons (Fsp3) is 0.909. The van der Waals surface area contributed by atoms with E-state index in [1.54, 1.807) is 0 Å². The Morgan fingerprint density at radius 1 is 1.67 bits per heavy atom. The molecule has 0 amide bonds. The number of piperidine rings is 1. The molecule has 2 atom stereocenters. The van der Waals surface area contributed by atoms with Crippen molar-refractivity contribution in [2.24, 2.45) is 11.7 Å². The molecule has 0 aromatic rings. The first kappa shape index (κ1) is 12.5. The molecule has 1 aliphatic rings. The van der Waals surface area contributed by atoms with Crippen molar-refractivity contribution in [1.29, 1.82) is 0 Å². The van der Waals surface area contributed by atoms with E-state index in [-0.39, 0.29) is 12.0 Å². The average Bonchev–Trinajstić information content (AvgIpc) is 2.18. The van der Waals surface area contributed by atoms with E-state index in [1.807, 2.05) is 6.92 Å². The van der Waals surface area contributed by atoms with Crippen molar-refractivity contribution in [2.45, 2.75) is 32.2 Å². The maximum atomic E-state index is 11.3. The summed E-state index contributed by atoms with van der Waals surface area (Å²) in [5.41, 5.74) is 6.01. The Morgan fingerprint density at radius 2 is 2.40 bits per heavy atom. The standard InChI is InChI=1S/C11H22N2O2/c1-3-15-11(14)7-10(12)9-5-4-6-13(2)8-9/h9-10H,3-8,12H2,1-2H3. The van der Waals surface area contributed by atoms with Gasteiger partial charge in [0.2, 0.25) is 0 Å². The summed E-state index contributed by atoms with van der Waals surface area (Å²) in [7, 11) is 2.10. The third-order valence-corrected chi connectivity index (χ3v) is 2.97. The molecule has 2 N–H and O–H groups in total. The number of carbonyl (C=O) groups excluding carboxylic acids is 1. The van der Waals surface area contributed by atoms with Crippen molar-refractivity contribution in [3.63, 3.8) is 0 Å². The highest BCUT2D eigenvalue weighted by molar-refractivity contribution is 5.70. The van der Waals surface area contributed by atoms with Gasteiger partial charge in [0, 0.05) is 12.6 Å². The number of likely N-dealkylation sites (tertiary alicyclic amines) is 1. The third kappa shape index (κ3) is 4.18. The van der Waals surface area contributed by atoms with Crippen LogP contribution in [-0.2, 0) is 9.53 Å². The third-order valence-electron chi connectivity index (χ3n) is 2.97. The van der Waals surface area contributed by atoms with E-state index in [1.165, 1.54) is 6.42 Å². The van der Waals surface area contributed by atoms with Crippen LogP contribution in [0.3, 0.4) is 0 Å². The second kappa shape index (κ2) is 6.08. The first-order chi connectivity index (χ1) is 7.13. The summed E-state index contributed by atoms with van der Waals surface area (Å²) >= 11 is 0. The van der Waals surface area contributed by atoms with Crippen LogP contribution in [0.2, 0.25) is 0 Å². The highest BCUT2D eigenvalue weighted by Crippen LogP contribution is 2.19. The van der Waals surface area contributed by atoms with Crippen LogP contribution in [0.4, 0.5) is 0 Å². The summed E-state index contributed by atoms with van der Waals surface area (Å²) in [6.45, 7) is 4.40. The largest absolute Gasteiger partial charge is 0.466 e. The summed E-state index contributed by atoms with van der Waals surface area (Å²) in [6.07, 6.45) is 2.66. The second-order valence-electron chi connectivity index (χ2n) is 4.34. The zero-order chi connectivity index (χ0) is 11.3. The van der Waals surface area contributed by atoms with Gasteiger partial charge in [-0.3, -0.25) is 4.79 Å². The molecule has 4 heteroatoms. The number of nitrogens with two attached hydrogens (primary N) is 1. The van der Waals surface area contributed by atoms with Crippen molar-refractivity contribution in [1.82, 2.24) is 4.90 Å². The molecule has 1 saturated heterocycles. The van der Waals surface area contributed by atoms with Crippen LogP contribution in [-0.4, -0.2) is 43.7 Å². The molecule has 0 aromatic heterocycles. The first-order valence-corrected chi connectivity index (χ1v) is 5.73. The van der Waals surface area contributed by atoms with Crippen LogP contribution in [0.15, 0.2) is 0 Å². The maximum absolute atomic E-state index is 11.3. The van der Waals surface area contributed by atoms with E-state index in [2.05, 4.69) is 11.9 Å². The number of rotatable bonds is 4. The lowest BCUT2D eigenvalue weighted by molar-refractivity contribution is -0.143. The van der Waals surface area contributed by atoms with Crippen LogP contribution in [0, 0.1) is 5.92 Å². The number of esters is 1. The van der Waals surface area contributed by atoms with Crippen molar-refractivity contribution in [3.8, 4) is 0 Å². The molecule has 1 heterocycles. The molecular formula is C11H22N2O2. The van der Waals surface area contributed by atoms with Crippen molar-refractivity contribution < 1.29 is 9.53 Å². The van der Waals surface area contributed by atoms with Gasteiger partial charge in [0.15, 0.2) is 0 Å². The molecule has 1 fully saturated rings. The first-order valence-electron chi connectivity index (χ1n) is 5.73. The van der Waals surface area contributed by atoms with Gasteiger partial charge in [0.25, 0.3) is 0 Å². The Bertz CT molecular complexity index is 209. The zero-order valence-corrected chi connectivity index (χ0v) is 9.74. The van der Waals surface area contributed by atoms with Crippen LogP contribution in [0.5, 0.6) is 0 Å². The Morgan fingerprint density at radius 3 is 3.00 bits per heavy atom. The van der Waals surface area contributed by atoms with Gasteiger partial charge in [-0.2, -0.15) is 0 Å². The van der Waals surface area contributed by atoms with Crippen molar-refractivity contribution >= 4 is 5.97 Å². The smallest absolute Gasteiger partial charge is 0.307 e. The molecule has 0 spiro atoms. The van der Waals surface area contributed by atoms with Gasteiger partial charge in [0.1, 0.15) is 0 Å². The maximum Gasteiger partial charge on any atom is 0.307 e. The van der Waals surface area contributed by atoms with E-state index in [0.717, 1.165) is 19.5 Å². The molecule has 0 aromatic carbocycles. The van der Waals surface area contributed by atoms with Gasteiger partial charge in [-0.1, -0.05) is 0 Å². The number of hydrogen-bond acceptors (Lipinski definition) is 4. The lowest BCUT2D eigenvalue weighted by Gasteiger charge is -2.32. The molecule has 0 radical (unpaired) electrons. The van der Waals surface area contributed by atoms with Gasteiger partial charge in [-0.05, 0) is 39.3 Å². The fourth-order valence-corrected chi connectivity index (χ4v) is 2.13. The van der Waals surface area contributed by atoms with Gasteiger partial charge >= 0.3 is 5.97 Å². The average molecular weight is 214 g/mol. The summed E-state index contributed by atoms with van der Waals surface area (Å²) in [5.74, 6) is 0.270. The minimum atomic E-state index is -0.168. The van der Waals surface area contributed by atoms with Crippen LogP contribution in [0.25, 0.3) is 0 Å². The van der Waals surface area contributed by atoms with Crippen LogP contribution < -0.4 is 5.73 Å². The van der Waals surface area contributed by atoms with E-state index in [0.29, 0.717) is 18.9 Å². The second-order valence-corrected chi connectivity index (χ2v) is 4.34.